The van der Waals surface area contributed by atoms with Gasteiger partial charge >= 0.3 is 0 Å². The second-order valence-electron chi connectivity index (χ2n) is 4.28. The van der Waals surface area contributed by atoms with Gasteiger partial charge in [-0.05, 0) is 17.7 Å². The zero-order valence-corrected chi connectivity index (χ0v) is 9.38. The Morgan fingerprint density at radius 3 is 2.60 bits per heavy atom. The van der Waals surface area contributed by atoms with Crippen LogP contribution in [0.25, 0.3) is 0 Å². The van der Waals surface area contributed by atoms with Gasteiger partial charge in [0.25, 0.3) is 0 Å². The molecule has 0 saturated heterocycles. The number of ether oxygens (including phenoxy) is 1. The van der Waals surface area contributed by atoms with Crippen molar-refractivity contribution < 1.29 is 14.2 Å². The van der Waals surface area contributed by atoms with Gasteiger partial charge in [0.15, 0.2) is 0 Å². The van der Waals surface area contributed by atoms with Crippen molar-refractivity contribution in [1.82, 2.24) is 0 Å². The maximum Gasteiger partial charge on any atom is 0.128 e. The van der Waals surface area contributed by atoms with Crippen molar-refractivity contribution in [2.75, 3.05) is 13.7 Å². The molecule has 0 heterocycles. The van der Waals surface area contributed by atoms with Crippen molar-refractivity contribution in [3.63, 3.8) is 0 Å². The fourth-order valence-corrected chi connectivity index (χ4v) is 1.35. The lowest BCUT2D eigenvalue weighted by Crippen LogP contribution is -2.22. The first kappa shape index (κ1) is 12.1. The molecular weight excluding hydrogens is 195 g/mol. The van der Waals surface area contributed by atoms with E-state index in [0.717, 1.165) is 5.56 Å². The molecule has 0 aliphatic rings. The van der Waals surface area contributed by atoms with Gasteiger partial charge in [0.2, 0.25) is 0 Å². The summed E-state index contributed by atoms with van der Waals surface area (Å²) in [7, 11) is 1.53. The van der Waals surface area contributed by atoms with Crippen LogP contribution < -0.4 is 0 Å². The third kappa shape index (κ3) is 2.76. The summed E-state index contributed by atoms with van der Waals surface area (Å²) >= 11 is 0. The van der Waals surface area contributed by atoms with Crippen LogP contribution >= 0.6 is 0 Å². The van der Waals surface area contributed by atoms with E-state index in [1.807, 2.05) is 13.8 Å². The number of aliphatic hydroxyl groups is 1. The number of hydrogen-bond donors (Lipinski definition) is 1. The zero-order chi connectivity index (χ0) is 11.5. The predicted octanol–water partition coefficient (Wildman–Crippen LogP) is 2.24. The summed E-state index contributed by atoms with van der Waals surface area (Å²) in [5, 5.41) is 9.21. The Morgan fingerprint density at radius 1 is 1.40 bits per heavy atom. The summed E-state index contributed by atoms with van der Waals surface area (Å²) in [4.78, 5) is 0. The number of halogens is 1. The van der Waals surface area contributed by atoms with Crippen LogP contribution in [0.3, 0.4) is 0 Å². The van der Waals surface area contributed by atoms with E-state index in [1.165, 1.54) is 13.2 Å². The smallest absolute Gasteiger partial charge is 0.128 e. The van der Waals surface area contributed by atoms with E-state index in [2.05, 4.69) is 0 Å². The average molecular weight is 212 g/mol. The van der Waals surface area contributed by atoms with Gasteiger partial charge in [0.05, 0.1) is 13.2 Å². The number of methoxy groups -OCH3 is 1. The average Bonchev–Trinajstić information content (AvgIpc) is 2.21. The lowest BCUT2D eigenvalue weighted by atomic mass is 9.85. The Bertz CT molecular complexity index is 334. The molecule has 0 aliphatic heterocycles. The van der Waals surface area contributed by atoms with E-state index < -0.39 is 0 Å². The molecule has 0 radical (unpaired) electrons. The van der Waals surface area contributed by atoms with Gasteiger partial charge in [-0.3, -0.25) is 0 Å². The quantitative estimate of drug-likeness (QED) is 0.829. The van der Waals surface area contributed by atoms with Crippen LogP contribution in [0.2, 0.25) is 0 Å². The minimum absolute atomic E-state index is 0.0328. The molecule has 0 bridgehead atoms. The summed E-state index contributed by atoms with van der Waals surface area (Å²) in [5.74, 6) is -0.269. The summed E-state index contributed by atoms with van der Waals surface area (Å²) in [6, 6.07) is 4.86. The summed E-state index contributed by atoms with van der Waals surface area (Å²) in [6.45, 7) is 4.11. The minimum Gasteiger partial charge on any atom is -0.395 e. The molecule has 0 aromatic heterocycles. The topological polar surface area (TPSA) is 29.5 Å². The fourth-order valence-electron chi connectivity index (χ4n) is 1.35. The highest BCUT2D eigenvalue weighted by Crippen LogP contribution is 2.24. The number of hydrogen-bond acceptors (Lipinski definition) is 2. The largest absolute Gasteiger partial charge is 0.395 e. The van der Waals surface area contributed by atoms with Gasteiger partial charge in [-0.15, -0.1) is 0 Å². The molecule has 3 heteroatoms. The highest BCUT2D eigenvalue weighted by atomic mass is 19.1. The lowest BCUT2D eigenvalue weighted by molar-refractivity contribution is 0.180. The Morgan fingerprint density at radius 2 is 2.07 bits per heavy atom. The Hall–Kier alpha value is -0.930. The Balaban J connectivity index is 3.07. The molecule has 0 saturated carbocycles. The minimum atomic E-state index is -0.351. The number of aliphatic hydroxyl groups excluding tert-OH is 1. The van der Waals surface area contributed by atoms with Gasteiger partial charge in [0, 0.05) is 18.1 Å². The van der Waals surface area contributed by atoms with E-state index in [0.29, 0.717) is 5.56 Å². The predicted molar refractivity (Wildman–Crippen MR) is 57.2 cm³/mol. The Kier molecular flexibility index (Phi) is 3.83. The van der Waals surface area contributed by atoms with Crippen molar-refractivity contribution in [3.8, 4) is 0 Å². The molecule has 1 rings (SSSR count). The van der Waals surface area contributed by atoms with Crippen LogP contribution in [0.5, 0.6) is 0 Å². The second kappa shape index (κ2) is 4.73. The SMILES string of the molecule is COCc1cc(C(C)(C)CO)ccc1F. The highest BCUT2D eigenvalue weighted by Gasteiger charge is 2.20. The number of rotatable bonds is 4. The highest BCUT2D eigenvalue weighted by molar-refractivity contribution is 5.30. The molecule has 15 heavy (non-hydrogen) atoms. The molecule has 2 nitrogen and oxygen atoms in total. The first-order chi connectivity index (χ1) is 7.01. The van der Waals surface area contributed by atoms with E-state index in [1.54, 1.807) is 12.1 Å². The monoisotopic (exact) mass is 212 g/mol. The maximum absolute atomic E-state index is 13.3. The molecule has 0 aliphatic carbocycles. The molecule has 0 atom stereocenters. The fraction of sp³-hybridized carbons (Fsp3) is 0.500. The normalized spacial score (nSPS) is 11.8. The van der Waals surface area contributed by atoms with E-state index in [-0.39, 0.29) is 24.4 Å². The first-order valence-corrected chi connectivity index (χ1v) is 4.90. The van der Waals surface area contributed by atoms with Crippen molar-refractivity contribution in [3.05, 3.63) is 35.1 Å². The molecule has 0 unspecified atom stereocenters. The van der Waals surface area contributed by atoms with Gasteiger partial charge < -0.3 is 9.84 Å². The lowest BCUT2D eigenvalue weighted by Gasteiger charge is -2.23. The van der Waals surface area contributed by atoms with Crippen LogP contribution in [0.15, 0.2) is 18.2 Å². The van der Waals surface area contributed by atoms with E-state index in [4.69, 9.17) is 4.74 Å². The van der Waals surface area contributed by atoms with Crippen LogP contribution in [0, 0.1) is 5.82 Å². The Labute approximate surface area is 89.7 Å². The molecule has 0 amide bonds. The molecule has 1 aromatic carbocycles. The van der Waals surface area contributed by atoms with E-state index in [9.17, 15) is 9.50 Å². The van der Waals surface area contributed by atoms with Gasteiger partial charge in [0.1, 0.15) is 5.82 Å². The molecule has 1 aromatic rings. The maximum atomic E-state index is 13.3. The van der Waals surface area contributed by atoms with Crippen molar-refractivity contribution in [2.45, 2.75) is 25.9 Å². The summed E-state index contributed by atoms with van der Waals surface area (Å²) in [5.41, 5.74) is 1.09. The zero-order valence-electron chi connectivity index (χ0n) is 9.38. The van der Waals surface area contributed by atoms with Crippen LogP contribution in [-0.2, 0) is 16.8 Å². The van der Waals surface area contributed by atoms with Gasteiger partial charge in [-0.1, -0.05) is 19.9 Å². The van der Waals surface area contributed by atoms with Gasteiger partial charge in [-0.25, -0.2) is 4.39 Å². The molecule has 1 N–H and O–H groups in total. The van der Waals surface area contributed by atoms with Gasteiger partial charge in [-0.2, -0.15) is 0 Å². The van der Waals surface area contributed by atoms with Crippen molar-refractivity contribution in [2.24, 2.45) is 0 Å². The molecule has 0 spiro atoms. The molecule has 84 valence electrons. The molecular formula is C12H17FO2. The standard InChI is InChI=1S/C12H17FO2/c1-12(2,8-14)10-4-5-11(13)9(6-10)7-15-3/h4-6,14H,7-8H2,1-3H3. The van der Waals surface area contributed by atoms with Crippen molar-refractivity contribution >= 4 is 0 Å². The third-order valence-electron chi connectivity index (χ3n) is 2.52. The summed E-state index contributed by atoms with van der Waals surface area (Å²) in [6.07, 6.45) is 0. The first-order valence-electron chi connectivity index (χ1n) is 4.90. The summed E-state index contributed by atoms with van der Waals surface area (Å²) < 4.78 is 18.2. The second-order valence-corrected chi connectivity index (χ2v) is 4.28. The van der Waals surface area contributed by atoms with Crippen LogP contribution in [-0.4, -0.2) is 18.8 Å². The van der Waals surface area contributed by atoms with Crippen LogP contribution in [0.1, 0.15) is 25.0 Å². The number of benzene rings is 1. The third-order valence-corrected chi connectivity index (χ3v) is 2.52. The van der Waals surface area contributed by atoms with E-state index >= 15 is 0 Å². The van der Waals surface area contributed by atoms with Crippen molar-refractivity contribution in [1.29, 1.82) is 0 Å². The molecule has 0 fully saturated rings. The van der Waals surface area contributed by atoms with Crippen LogP contribution in [0.4, 0.5) is 4.39 Å².